The molecule has 0 amide bonds. The molecule has 0 bridgehead atoms. The molecule has 0 aliphatic carbocycles. The van der Waals surface area contributed by atoms with E-state index >= 15 is 0 Å². The van der Waals surface area contributed by atoms with Gasteiger partial charge in [-0.15, -0.1) is 12.4 Å². The quantitative estimate of drug-likeness (QED) is 0.799. The van der Waals surface area contributed by atoms with E-state index < -0.39 is 0 Å². The number of hydrogen-bond donors (Lipinski definition) is 1. The zero-order valence-electron chi connectivity index (χ0n) is 8.36. The largest absolute Gasteiger partial charge is 0.454 e. The summed E-state index contributed by atoms with van der Waals surface area (Å²) in [4.78, 5) is 0. The van der Waals surface area contributed by atoms with Crippen LogP contribution >= 0.6 is 12.4 Å². The van der Waals surface area contributed by atoms with Crippen LogP contribution in [-0.2, 0) is 0 Å². The maximum Gasteiger partial charge on any atom is 0.231 e. The fraction of sp³-hybridized carbons (Fsp3) is 0.455. The Labute approximate surface area is 95.2 Å². The second-order valence-electron chi connectivity index (χ2n) is 3.73. The molecule has 2 aliphatic heterocycles. The van der Waals surface area contributed by atoms with Crippen LogP contribution in [0.5, 0.6) is 11.5 Å². The van der Waals surface area contributed by atoms with E-state index in [0.717, 1.165) is 18.0 Å². The monoisotopic (exact) mass is 227 g/mol. The van der Waals surface area contributed by atoms with Crippen LogP contribution in [0, 0.1) is 0 Å². The summed E-state index contributed by atoms with van der Waals surface area (Å²) in [5, 5.41) is 3.47. The first-order valence-electron chi connectivity index (χ1n) is 5.07. The zero-order valence-corrected chi connectivity index (χ0v) is 9.18. The van der Waals surface area contributed by atoms with Gasteiger partial charge in [-0.1, -0.05) is 12.1 Å². The first-order chi connectivity index (χ1) is 6.95. The number of ether oxygens (including phenoxy) is 2. The van der Waals surface area contributed by atoms with Crippen molar-refractivity contribution >= 4 is 12.4 Å². The molecule has 3 rings (SSSR count). The molecule has 2 heterocycles. The molecule has 0 spiro atoms. The number of fused-ring (bicyclic) bond motifs is 1. The maximum atomic E-state index is 5.48. The third-order valence-electron chi connectivity index (χ3n) is 2.86. The standard InChI is InChI=1S/C11H13NO2.ClH/c1-3-8(9-4-2-6-12-9)11-10(5-1)13-7-14-11;/h1,3,5,9,12H,2,4,6-7H2;1H/t9-;/m1./s1. The SMILES string of the molecule is Cl.c1cc2c(c([C@H]3CCCN3)c1)OCO2. The Morgan fingerprint density at radius 1 is 1.27 bits per heavy atom. The molecule has 1 fully saturated rings. The normalized spacial score (nSPS) is 22.5. The maximum absolute atomic E-state index is 5.48. The molecule has 0 saturated carbocycles. The van der Waals surface area contributed by atoms with Gasteiger partial charge in [0, 0.05) is 11.6 Å². The number of nitrogens with one attached hydrogen (secondary N) is 1. The number of benzene rings is 1. The van der Waals surface area contributed by atoms with E-state index in [4.69, 9.17) is 9.47 Å². The van der Waals surface area contributed by atoms with Gasteiger partial charge >= 0.3 is 0 Å². The van der Waals surface area contributed by atoms with Gasteiger partial charge in [0.05, 0.1) is 0 Å². The van der Waals surface area contributed by atoms with Gasteiger partial charge in [-0.25, -0.2) is 0 Å². The lowest BCUT2D eigenvalue weighted by Gasteiger charge is -2.12. The molecule has 1 saturated heterocycles. The third-order valence-corrected chi connectivity index (χ3v) is 2.86. The molecule has 0 radical (unpaired) electrons. The molecule has 1 N–H and O–H groups in total. The highest BCUT2D eigenvalue weighted by Crippen LogP contribution is 2.40. The first-order valence-corrected chi connectivity index (χ1v) is 5.07. The second kappa shape index (κ2) is 4.29. The third kappa shape index (κ3) is 1.77. The van der Waals surface area contributed by atoms with Crippen LogP contribution in [0.25, 0.3) is 0 Å². The molecular weight excluding hydrogens is 214 g/mol. The predicted octanol–water partition coefficient (Wildman–Crippen LogP) is 2.26. The lowest BCUT2D eigenvalue weighted by molar-refractivity contribution is 0.173. The van der Waals surface area contributed by atoms with E-state index in [0.29, 0.717) is 12.8 Å². The number of para-hydroxylation sites is 1. The molecule has 1 atom stereocenters. The molecule has 15 heavy (non-hydrogen) atoms. The molecule has 82 valence electrons. The summed E-state index contributed by atoms with van der Waals surface area (Å²) in [6, 6.07) is 6.56. The van der Waals surface area contributed by atoms with Crippen molar-refractivity contribution in [2.75, 3.05) is 13.3 Å². The minimum absolute atomic E-state index is 0. The Hall–Kier alpha value is -0.930. The van der Waals surface area contributed by atoms with Crippen molar-refractivity contribution < 1.29 is 9.47 Å². The van der Waals surface area contributed by atoms with Crippen molar-refractivity contribution in [3.8, 4) is 11.5 Å². The van der Waals surface area contributed by atoms with Crippen molar-refractivity contribution in [1.82, 2.24) is 5.32 Å². The van der Waals surface area contributed by atoms with Crippen molar-refractivity contribution in [2.45, 2.75) is 18.9 Å². The van der Waals surface area contributed by atoms with Gasteiger partial charge in [-0.3, -0.25) is 0 Å². The Morgan fingerprint density at radius 3 is 3.00 bits per heavy atom. The van der Waals surface area contributed by atoms with Crippen LogP contribution in [0.2, 0.25) is 0 Å². The number of hydrogen-bond acceptors (Lipinski definition) is 3. The zero-order chi connectivity index (χ0) is 9.38. The molecule has 2 aliphatic rings. The summed E-state index contributed by atoms with van der Waals surface area (Å²) >= 11 is 0. The van der Waals surface area contributed by atoms with Crippen molar-refractivity contribution in [2.24, 2.45) is 0 Å². The Bertz CT molecular complexity index is 350. The summed E-state index contributed by atoms with van der Waals surface area (Å²) in [6.07, 6.45) is 2.44. The van der Waals surface area contributed by atoms with Gasteiger partial charge in [0.15, 0.2) is 11.5 Å². The van der Waals surface area contributed by atoms with E-state index in [9.17, 15) is 0 Å². The Balaban J connectivity index is 0.000000853. The van der Waals surface area contributed by atoms with Crippen LogP contribution in [0.15, 0.2) is 18.2 Å². The van der Waals surface area contributed by atoms with Gasteiger partial charge in [0.25, 0.3) is 0 Å². The highest BCUT2D eigenvalue weighted by atomic mass is 35.5. The van der Waals surface area contributed by atoms with E-state index in [1.54, 1.807) is 0 Å². The highest BCUT2D eigenvalue weighted by molar-refractivity contribution is 5.85. The number of halogens is 1. The van der Waals surface area contributed by atoms with Crippen LogP contribution in [0.1, 0.15) is 24.4 Å². The Morgan fingerprint density at radius 2 is 2.20 bits per heavy atom. The van der Waals surface area contributed by atoms with Crippen molar-refractivity contribution in [1.29, 1.82) is 0 Å². The fourth-order valence-corrected chi connectivity index (χ4v) is 2.18. The second-order valence-corrected chi connectivity index (χ2v) is 3.73. The van der Waals surface area contributed by atoms with Crippen molar-refractivity contribution in [3.63, 3.8) is 0 Å². The van der Waals surface area contributed by atoms with Gasteiger partial charge < -0.3 is 14.8 Å². The van der Waals surface area contributed by atoms with Crippen LogP contribution in [-0.4, -0.2) is 13.3 Å². The minimum atomic E-state index is 0. The first kappa shape index (κ1) is 10.6. The van der Waals surface area contributed by atoms with E-state index in [1.807, 2.05) is 12.1 Å². The van der Waals surface area contributed by atoms with Gasteiger partial charge in [0.1, 0.15) is 0 Å². The highest BCUT2D eigenvalue weighted by Gasteiger charge is 2.24. The average molecular weight is 228 g/mol. The van der Waals surface area contributed by atoms with Crippen LogP contribution in [0.3, 0.4) is 0 Å². The summed E-state index contributed by atoms with van der Waals surface area (Å²) in [6.45, 7) is 1.47. The fourth-order valence-electron chi connectivity index (χ4n) is 2.18. The molecule has 4 heteroatoms. The van der Waals surface area contributed by atoms with Crippen molar-refractivity contribution in [3.05, 3.63) is 23.8 Å². The average Bonchev–Trinajstić information content (AvgIpc) is 2.88. The predicted molar refractivity (Wildman–Crippen MR) is 59.8 cm³/mol. The lowest BCUT2D eigenvalue weighted by atomic mass is 10.0. The topological polar surface area (TPSA) is 30.5 Å². The smallest absolute Gasteiger partial charge is 0.231 e. The molecule has 0 aromatic heterocycles. The molecule has 1 aromatic carbocycles. The van der Waals surface area contributed by atoms with Gasteiger partial charge in [0.2, 0.25) is 6.79 Å². The molecule has 3 nitrogen and oxygen atoms in total. The summed E-state index contributed by atoms with van der Waals surface area (Å²) < 4.78 is 10.8. The molecular formula is C11H14ClNO2. The van der Waals surface area contributed by atoms with Crippen LogP contribution in [0.4, 0.5) is 0 Å². The molecule has 0 unspecified atom stereocenters. The van der Waals surface area contributed by atoms with Gasteiger partial charge in [-0.2, -0.15) is 0 Å². The van der Waals surface area contributed by atoms with E-state index in [2.05, 4.69) is 11.4 Å². The number of rotatable bonds is 1. The summed E-state index contributed by atoms with van der Waals surface area (Å²) in [7, 11) is 0. The minimum Gasteiger partial charge on any atom is -0.454 e. The molecule has 1 aromatic rings. The van der Waals surface area contributed by atoms with Crippen LogP contribution < -0.4 is 14.8 Å². The summed E-state index contributed by atoms with van der Waals surface area (Å²) in [5.74, 6) is 1.82. The lowest BCUT2D eigenvalue weighted by Crippen LogP contribution is -2.13. The van der Waals surface area contributed by atoms with Gasteiger partial charge in [-0.05, 0) is 25.5 Å². The van der Waals surface area contributed by atoms with E-state index in [1.165, 1.54) is 18.4 Å². The Kier molecular flexibility index (Phi) is 3.03. The summed E-state index contributed by atoms with van der Waals surface area (Å²) in [5.41, 5.74) is 1.25. The van der Waals surface area contributed by atoms with E-state index in [-0.39, 0.29) is 12.4 Å².